The first-order valence-corrected chi connectivity index (χ1v) is 4.39. The van der Waals surface area contributed by atoms with Crippen LogP contribution in [0.25, 0.3) is 0 Å². The van der Waals surface area contributed by atoms with Crippen LogP contribution < -0.4 is 0 Å². The fourth-order valence-corrected chi connectivity index (χ4v) is 1.30. The Balaban J connectivity index is 2.83. The number of hydrogen-bond acceptors (Lipinski definition) is 0. The van der Waals surface area contributed by atoms with Crippen LogP contribution in [-0.4, -0.2) is 0 Å². The zero-order chi connectivity index (χ0) is 9.19. The van der Waals surface area contributed by atoms with Crippen LogP contribution in [0, 0.1) is 12.3 Å². The predicted molar refractivity (Wildman–Crippen MR) is 54.1 cm³/mol. The molecule has 1 rings (SSSR count). The molecule has 0 aromatic heterocycles. The van der Waals surface area contributed by atoms with Gasteiger partial charge < -0.3 is 0 Å². The first kappa shape index (κ1) is 9.31. The lowest BCUT2D eigenvalue weighted by Crippen LogP contribution is -2.09. The molecule has 1 aromatic carbocycles. The van der Waals surface area contributed by atoms with Gasteiger partial charge in [-0.15, -0.1) is 0 Å². The van der Waals surface area contributed by atoms with E-state index in [0.29, 0.717) is 5.41 Å². The molecule has 1 aromatic rings. The lowest BCUT2D eigenvalue weighted by Gasteiger charge is -2.19. The molecule has 0 aliphatic carbocycles. The van der Waals surface area contributed by atoms with Gasteiger partial charge in [-0.1, -0.05) is 45.0 Å². The normalized spacial score (nSPS) is 11.7. The molecule has 0 fully saturated rings. The van der Waals surface area contributed by atoms with Crippen molar-refractivity contribution in [2.45, 2.75) is 27.2 Å². The zero-order valence-corrected chi connectivity index (χ0v) is 8.22. The van der Waals surface area contributed by atoms with Gasteiger partial charge in [0.1, 0.15) is 0 Å². The maximum Gasteiger partial charge on any atom is -0.0227 e. The van der Waals surface area contributed by atoms with Crippen molar-refractivity contribution in [1.29, 1.82) is 0 Å². The van der Waals surface area contributed by atoms with Crippen LogP contribution in [0.4, 0.5) is 0 Å². The Labute approximate surface area is 75.6 Å². The standard InChI is InChI=1S/C12H17/c1-10-7-5-6-8-11(10)9-12(2,3)4/h5-8H,1,9H2,2-4H3. The second-order valence-corrected chi connectivity index (χ2v) is 4.51. The summed E-state index contributed by atoms with van der Waals surface area (Å²) < 4.78 is 0. The average Bonchev–Trinajstić information content (AvgIpc) is 1.91. The molecule has 65 valence electrons. The van der Waals surface area contributed by atoms with E-state index in [2.05, 4.69) is 45.9 Å². The van der Waals surface area contributed by atoms with Crippen molar-refractivity contribution in [1.82, 2.24) is 0 Å². The van der Waals surface area contributed by atoms with E-state index >= 15 is 0 Å². The maximum atomic E-state index is 4.00. The minimum Gasteiger partial charge on any atom is -0.0620 e. The maximum absolute atomic E-state index is 4.00. The Bertz CT molecular complexity index is 253. The van der Waals surface area contributed by atoms with E-state index in [9.17, 15) is 0 Å². The SMILES string of the molecule is [CH2]c1ccccc1CC(C)(C)C. The molecule has 0 saturated heterocycles. The number of hydrogen-bond donors (Lipinski definition) is 0. The largest absolute Gasteiger partial charge is 0.0620 e. The van der Waals surface area contributed by atoms with Crippen molar-refractivity contribution in [3.8, 4) is 0 Å². The van der Waals surface area contributed by atoms with Gasteiger partial charge in [0.15, 0.2) is 0 Å². The molecular formula is C12H17. The lowest BCUT2D eigenvalue weighted by molar-refractivity contribution is 0.411. The Morgan fingerprint density at radius 3 is 2.25 bits per heavy atom. The third-order valence-electron chi connectivity index (χ3n) is 1.84. The fourth-order valence-electron chi connectivity index (χ4n) is 1.30. The Kier molecular flexibility index (Phi) is 2.56. The number of rotatable bonds is 1. The third-order valence-corrected chi connectivity index (χ3v) is 1.84. The summed E-state index contributed by atoms with van der Waals surface area (Å²) in [6.45, 7) is 10.8. The van der Waals surface area contributed by atoms with Crippen molar-refractivity contribution in [3.63, 3.8) is 0 Å². The van der Waals surface area contributed by atoms with Gasteiger partial charge in [-0.25, -0.2) is 0 Å². The number of benzene rings is 1. The molecule has 0 heterocycles. The van der Waals surface area contributed by atoms with Crippen molar-refractivity contribution in [2.24, 2.45) is 5.41 Å². The monoisotopic (exact) mass is 161 g/mol. The second-order valence-electron chi connectivity index (χ2n) is 4.51. The van der Waals surface area contributed by atoms with E-state index in [1.165, 1.54) is 5.56 Å². The average molecular weight is 161 g/mol. The topological polar surface area (TPSA) is 0 Å². The van der Waals surface area contributed by atoms with Crippen LogP contribution in [0.1, 0.15) is 31.9 Å². The molecule has 0 heteroatoms. The molecule has 1 radical (unpaired) electrons. The lowest BCUT2D eigenvalue weighted by atomic mass is 9.86. The van der Waals surface area contributed by atoms with Crippen LogP contribution in [0.5, 0.6) is 0 Å². The van der Waals surface area contributed by atoms with E-state index in [0.717, 1.165) is 12.0 Å². The van der Waals surface area contributed by atoms with Crippen LogP contribution >= 0.6 is 0 Å². The highest BCUT2D eigenvalue weighted by molar-refractivity contribution is 5.29. The van der Waals surface area contributed by atoms with Crippen LogP contribution in [0.2, 0.25) is 0 Å². The van der Waals surface area contributed by atoms with Crippen molar-refractivity contribution < 1.29 is 0 Å². The second kappa shape index (κ2) is 3.30. The molecule has 0 spiro atoms. The molecular weight excluding hydrogens is 144 g/mol. The van der Waals surface area contributed by atoms with E-state index in [4.69, 9.17) is 0 Å². The Hall–Kier alpha value is -0.780. The van der Waals surface area contributed by atoms with Gasteiger partial charge in [0.05, 0.1) is 0 Å². The molecule has 0 amide bonds. The van der Waals surface area contributed by atoms with Crippen LogP contribution in [0.3, 0.4) is 0 Å². The molecule has 0 N–H and O–H groups in total. The summed E-state index contributed by atoms with van der Waals surface area (Å²) in [7, 11) is 0. The van der Waals surface area contributed by atoms with Gasteiger partial charge in [0.2, 0.25) is 0 Å². The fraction of sp³-hybridized carbons (Fsp3) is 0.417. The predicted octanol–water partition coefficient (Wildman–Crippen LogP) is 3.46. The summed E-state index contributed by atoms with van der Waals surface area (Å²) in [4.78, 5) is 0. The molecule has 0 unspecified atom stereocenters. The van der Waals surface area contributed by atoms with E-state index in [-0.39, 0.29) is 0 Å². The Morgan fingerprint density at radius 1 is 1.17 bits per heavy atom. The van der Waals surface area contributed by atoms with Crippen LogP contribution in [0.15, 0.2) is 24.3 Å². The zero-order valence-electron chi connectivity index (χ0n) is 8.22. The van der Waals surface area contributed by atoms with Crippen molar-refractivity contribution in [2.75, 3.05) is 0 Å². The van der Waals surface area contributed by atoms with E-state index < -0.39 is 0 Å². The molecule has 0 bridgehead atoms. The van der Waals surface area contributed by atoms with Crippen molar-refractivity contribution in [3.05, 3.63) is 42.3 Å². The highest BCUT2D eigenvalue weighted by Gasteiger charge is 2.11. The summed E-state index contributed by atoms with van der Waals surface area (Å²) >= 11 is 0. The van der Waals surface area contributed by atoms with Gasteiger partial charge in [-0.05, 0) is 29.9 Å². The third kappa shape index (κ3) is 2.69. The Morgan fingerprint density at radius 2 is 1.75 bits per heavy atom. The van der Waals surface area contributed by atoms with Gasteiger partial charge in [0.25, 0.3) is 0 Å². The molecule has 0 nitrogen and oxygen atoms in total. The molecule has 0 aliphatic heterocycles. The van der Waals surface area contributed by atoms with Crippen molar-refractivity contribution >= 4 is 0 Å². The van der Waals surface area contributed by atoms with Gasteiger partial charge in [-0.2, -0.15) is 0 Å². The van der Waals surface area contributed by atoms with Gasteiger partial charge >= 0.3 is 0 Å². The first-order valence-electron chi connectivity index (χ1n) is 4.39. The first-order chi connectivity index (χ1) is 5.49. The van der Waals surface area contributed by atoms with E-state index in [1.54, 1.807) is 0 Å². The summed E-state index contributed by atoms with van der Waals surface area (Å²) in [6.07, 6.45) is 1.10. The summed E-state index contributed by atoms with van der Waals surface area (Å²) in [5.41, 5.74) is 2.88. The van der Waals surface area contributed by atoms with E-state index in [1.807, 2.05) is 6.07 Å². The summed E-state index contributed by atoms with van der Waals surface area (Å²) in [6, 6.07) is 8.35. The highest BCUT2D eigenvalue weighted by atomic mass is 14.2. The summed E-state index contributed by atoms with van der Waals surface area (Å²) in [5.74, 6) is 0. The van der Waals surface area contributed by atoms with Gasteiger partial charge in [-0.3, -0.25) is 0 Å². The molecule has 0 saturated carbocycles. The van der Waals surface area contributed by atoms with Gasteiger partial charge in [0, 0.05) is 0 Å². The minimum absolute atomic E-state index is 0.355. The minimum atomic E-state index is 0.355. The molecule has 0 aliphatic rings. The molecule has 0 atom stereocenters. The quantitative estimate of drug-likeness (QED) is 0.591. The summed E-state index contributed by atoms with van der Waals surface area (Å²) in [5, 5.41) is 0. The smallest absolute Gasteiger partial charge is 0.0227 e. The highest BCUT2D eigenvalue weighted by Crippen LogP contribution is 2.22. The van der Waals surface area contributed by atoms with Crippen LogP contribution in [-0.2, 0) is 6.42 Å². The molecule has 12 heavy (non-hydrogen) atoms.